The second-order valence-electron chi connectivity index (χ2n) is 2.14. The Morgan fingerprint density at radius 1 is 1.33 bits per heavy atom. The fourth-order valence-electron chi connectivity index (χ4n) is 0.687. The quantitative estimate of drug-likeness (QED) is 0.685. The third kappa shape index (κ3) is 5.45. The Morgan fingerprint density at radius 2 is 1.83 bits per heavy atom. The molecule has 0 unspecified atom stereocenters. The van der Waals surface area contributed by atoms with Gasteiger partial charge in [-0.3, -0.25) is 0 Å². The minimum Gasteiger partial charge on any atom is -0.397 e. The zero-order valence-electron chi connectivity index (χ0n) is 7.20. The third-order valence-electron chi connectivity index (χ3n) is 1.13. The van der Waals surface area contributed by atoms with Gasteiger partial charge in [0, 0.05) is 6.61 Å². The molecule has 0 aliphatic carbocycles. The van der Waals surface area contributed by atoms with Crippen molar-refractivity contribution in [1.29, 1.82) is 5.26 Å². The lowest BCUT2D eigenvalue weighted by atomic mass is 10.2. The number of nitrogens with zero attached hydrogens (tertiary/aromatic N) is 1. The van der Waals surface area contributed by atoms with Crippen LogP contribution in [0, 0.1) is 11.3 Å². The minimum atomic E-state index is 0.250. The molecule has 0 aliphatic rings. The molecule has 0 aliphatic heterocycles. The van der Waals surface area contributed by atoms with Crippen LogP contribution in [0.25, 0.3) is 0 Å². The molecule has 2 nitrogen and oxygen atoms in total. The van der Waals surface area contributed by atoms with E-state index in [9.17, 15) is 0 Å². The normalized spacial score (nSPS) is 7.75. The number of benzene rings is 1. The molecule has 0 amide bonds. The summed E-state index contributed by atoms with van der Waals surface area (Å²) in [4.78, 5) is 0. The number of rotatable bonds is 1. The topological polar surface area (TPSA) is 44.0 Å². The van der Waals surface area contributed by atoms with Gasteiger partial charge in [-0.2, -0.15) is 5.26 Å². The molecule has 2 heteroatoms. The predicted molar refractivity (Wildman–Crippen MR) is 48.5 cm³/mol. The van der Waals surface area contributed by atoms with Gasteiger partial charge in [0.25, 0.3) is 0 Å². The standard InChI is InChI=1S/C8H7N.C2H6O/c9-7-6-8-4-2-1-3-5-8;1-2-3/h1-5H,6H2;3H,2H2,1H3. The number of hydrogen-bond acceptors (Lipinski definition) is 2. The zero-order chi connectivity index (χ0) is 9.23. The fourth-order valence-corrected chi connectivity index (χ4v) is 0.687. The summed E-state index contributed by atoms with van der Waals surface area (Å²) in [6.45, 7) is 1.93. The second-order valence-corrected chi connectivity index (χ2v) is 2.14. The summed E-state index contributed by atoms with van der Waals surface area (Å²) < 4.78 is 0. The minimum absolute atomic E-state index is 0.250. The fraction of sp³-hybridized carbons (Fsp3) is 0.300. The van der Waals surface area contributed by atoms with Crippen LogP contribution in [0.2, 0.25) is 0 Å². The first-order valence-corrected chi connectivity index (χ1v) is 3.86. The van der Waals surface area contributed by atoms with Gasteiger partial charge in [0.2, 0.25) is 0 Å². The summed E-state index contributed by atoms with van der Waals surface area (Å²) in [6.07, 6.45) is 0.515. The first kappa shape index (κ1) is 10.7. The van der Waals surface area contributed by atoms with Crippen molar-refractivity contribution in [3.8, 4) is 6.07 Å². The van der Waals surface area contributed by atoms with E-state index in [1.54, 1.807) is 6.92 Å². The van der Waals surface area contributed by atoms with Crippen molar-refractivity contribution in [3.63, 3.8) is 0 Å². The van der Waals surface area contributed by atoms with Crippen LogP contribution in [0.5, 0.6) is 0 Å². The SMILES string of the molecule is CCO.N#CCc1ccccc1. The van der Waals surface area contributed by atoms with Crippen molar-refractivity contribution in [2.24, 2.45) is 0 Å². The number of nitriles is 1. The lowest BCUT2D eigenvalue weighted by Gasteiger charge is -1.88. The molecule has 0 radical (unpaired) electrons. The summed E-state index contributed by atoms with van der Waals surface area (Å²) in [5, 5.41) is 15.8. The van der Waals surface area contributed by atoms with Crippen molar-refractivity contribution >= 4 is 0 Å². The van der Waals surface area contributed by atoms with E-state index < -0.39 is 0 Å². The van der Waals surface area contributed by atoms with Gasteiger partial charge in [-0.1, -0.05) is 30.3 Å². The smallest absolute Gasteiger partial charge is 0.0669 e. The van der Waals surface area contributed by atoms with Gasteiger partial charge in [0.15, 0.2) is 0 Å². The average molecular weight is 163 g/mol. The molecule has 1 rings (SSSR count). The van der Waals surface area contributed by atoms with E-state index in [2.05, 4.69) is 6.07 Å². The first-order chi connectivity index (χ1) is 5.85. The van der Waals surface area contributed by atoms with Crippen LogP contribution < -0.4 is 0 Å². The molecular formula is C10H13NO. The highest BCUT2D eigenvalue weighted by atomic mass is 16.2. The van der Waals surface area contributed by atoms with E-state index >= 15 is 0 Å². The average Bonchev–Trinajstić information content (AvgIpc) is 2.08. The maximum Gasteiger partial charge on any atom is 0.0669 e. The van der Waals surface area contributed by atoms with Crippen LogP contribution in [-0.4, -0.2) is 11.7 Å². The van der Waals surface area contributed by atoms with Crippen LogP contribution in [0.15, 0.2) is 30.3 Å². The van der Waals surface area contributed by atoms with Crippen LogP contribution in [0.3, 0.4) is 0 Å². The Bertz CT molecular complexity index is 225. The van der Waals surface area contributed by atoms with E-state index in [1.165, 1.54) is 0 Å². The van der Waals surface area contributed by atoms with Crippen molar-refractivity contribution in [3.05, 3.63) is 35.9 Å². The largest absolute Gasteiger partial charge is 0.397 e. The molecule has 0 aromatic heterocycles. The summed E-state index contributed by atoms with van der Waals surface area (Å²) in [5.41, 5.74) is 1.08. The molecule has 0 bridgehead atoms. The molecule has 64 valence electrons. The molecule has 1 N–H and O–H groups in total. The Balaban J connectivity index is 0.000000354. The van der Waals surface area contributed by atoms with Gasteiger partial charge in [-0.15, -0.1) is 0 Å². The van der Waals surface area contributed by atoms with Crippen LogP contribution >= 0.6 is 0 Å². The second kappa shape index (κ2) is 7.77. The molecule has 0 fully saturated rings. The predicted octanol–water partition coefficient (Wildman–Crippen LogP) is 1.75. The van der Waals surface area contributed by atoms with Gasteiger partial charge in [-0.25, -0.2) is 0 Å². The molecule has 0 heterocycles. The Kier molecular flexibility index (Phi) is 6.91. The Morgan fingerprint density at radius 3 is 2.25 bits per heavy atom. The summed E-state index contributed by atoms with van der Waals surface area (Å²) in [7, 11) is 0. The van der Waals surface area contributed by atoms with Crippen molar-refractivity contribution in [1.82, 2.24) is 0 Å². The first-order valence-electron chi connectivity index (χ1n) is 3.86. The number of hydrogen-bond donors (Lipinski definition) is 1. The number of aliphatic hydroxyl groups is 1. The maximum atomic E-state index is 8.27. The molecule has 1 aromatic carbocycles. The van der Waals surface area contributed by atoms with E-state index in [0.29, 0.717) is 6.42 Å². The molecule has 12 heavy (non-hydrogen) atoms. The number of aliphatic hydroxyl groups excluding tert-OH is 1. The highest BCUT2D eigenvalue weighted by molar-refractivity contribution is 5.17. The van der Waals surface area contributed by atoms with E-state index in [4.69, 9.17) is 10.4 Å². The van der Waals surface area contributed by atoms with Crippen molar-refractivity contribution < 1.29 is 5.11 Å². The molecular weight excluding hydrogens is 150 g/mol. The van der Waals surface area contributed by atoms with Crippen LogP contribution in [0.4, 0.5) is 0 Å². The van der Waals surface area contributed by atoms with E-state index in [-0.39, 0.29) is 6.61 Å². The third-order valence-corrected chi connectivity index (χ3v) is 1.13. The zero-order valence-corrected chi connectivity index (χ0v) is 7.20. The lowest BCUT2D eigenvalue weighted by molar-refractivity contribution is 0.318. The van der Waals surface area contributed by atoms with Gasteiger partial charge < -0.3 is 5.11 Å². The Labute approximate surface area is 73.1 Å². The van der Waals surface area contributed by atoms with Gasteiger partial charge in [0.1, 0.15) is 0 Å². The van der Waals surface area contributed by atoms with Gasteiger partial charge in [0.05, 0.1) is 12.5 Å². The molecule has 0 atom stereocenters. The Hall–Kier alpha value is -1.33. The molecule has 0 spiro atoms. The highest BCUT2D eigenvalue weighted by Crippen LogP contribution is 1.96. The van der Waals surface area contributed by atoms with Crippen LogP contribution in [-0.2, 0) is 6.42 Å². The monoisotopic (exact) mass is 163 g/mol. The summed E-state index contributed by atoms with van der Waals surface area (Å²) >= 11 is 0. The van der Waals surface area contributed by atoms with Crippen molar-refractivity contribution in [2.75, 3.05) is 6.61 Å². The van der Waals surface area contributed by atoms with Crippen LogP contribution in [0.1, 0.15) is 12.5 Å². The van der Waals surface area contributed by atoms with Crippen molar-refractivity contribution in [2.45, 2.75) is 13.3 Å². The molecule has 0 saturated carbocycles. The lowest BCUT2D eigenvalue weighted by Crippen LogP contribution is -1.76. The summed E-state index contributed by atoms with van der Waals surface area (Å²) in [6, 6.07) is 11.8. The molecule has 1 aromatic rings. The van der Waals surface area contributed by atoms with Gasteiger partial charge >= 0.3 is 0 Å². The van der Waals surface area contributed by atoms with E-state index in [1.807, 2.05) is 30.3 Å². The summed E-state index contributed by atoms with van der Waals surface area (Å²) in [5.74, 6) is 0. The van der Waals surface area contributed by atoms with Gasteiger partial charge in [-0.05, 0) is 12.5 Å². The van der Waals surface area contributed by atoms with E-state index in [0.717, 1.165) is 5.56 Å². The maximum absolute atomic E-state index is 8.27. The highest BCUT2D eigenvalue weighted by Gasteiger charge is 1.84. The molecule has 0 saturated heterocycles.